The van der Waals surface area contributed by atoms with Crippen molar-refractivity contribution < 1.29 is 23.1 Å². The van der Waals surface area contributed by atoms with Crippen molar-refractivity contribution in [3.05, 3.63) is 23.8 Å². The quantitative estimate of drug-likeness (QED) is 0.683. The Morgan fingerprint density at radius 1 is 1.27 bits per heavy atom. The number of carbonyl (C=O) groups is 1. The molecule has 0 aliphatic heterocycles. The van der Waals surface area contributed by atoms with Gasteiger partial charge in [-0.05, 0) is 62.4 Å². The second-order valence-corrected chi connectivity index (χ2v) is 9.79. The van der Waals surface area contributed by atoms with Crippen LogP contribution >= 0.6 is 0 Å². The van der Waals surface area contributed by atoms with Crippen molar-refractivity contribution in [2.75, 3.05) is 0 Å². The Balaban J connectivity index is 1.73. The Bertz CT molecular complexity index is 766. The minimum absolute atomic E-state index is 0.00235. The maximum absolute atomic E-state index is 13.4. The molecule has 7 heteroatoms. The van der Waals surface area contributed by atoms with Crippen LogP contribution in [0.25, 0.3) is 0 Å². The molecule has 0 spiro atoms. The first-order valence-corrected chi connectivity index (χ1v) is 10.8. The Hall–Kier alpha value is -1.81. The normalized spacial score (nSPS) is 33.9. The summed E-state index contributed by atoms with van der Waals surface area (Å²) in [6.45, 7) is 4.60. The summed E-state index contributed by atoms with van der Waals surface area (Å²) in [5, 5.41) is 19.0. The summed E-state index contributed by atoms with van der Waals surface area (Å²) in [4.78, 5) is 15.4. The summed E-state index contributed by atoms with van der Waals surface area (Å²) >= 11 is 0. The Kier molecular flexibility index (Phi) is 6.12. The number of allylic oxidation sites excluding steroid dienone is 1. The minimum Gasteiger partial charge on any atom is -0.376 e. The van der Waals surface area contributed by atoms with Crippen LogP contribution in [0.3, 0.4) is 0 Å². The smallest absolute Gasteiger partial charge is 0.376 e. The van der Waals surface area contributed by atoms with Crippen LogP contribution in [0.1, 0.15) is 65.7 Å². The van der Waals surface area contributed by atoms with E-state index in [2.05, 4.69) is 13.0 Å². The molecular weight excluding hydrogens is 393 g/mol. The molecule has 2 saturated carbocycles. The Morgan fingerprint density at radius 2 is 1.83 bits per heavy atom. The minimum atomic E-state index is -4.78. The first-order chi connectivity index (χ1) is 13.9. The maximum atomic E-state index is 13.4. The molecule has 0 radical (unpaired) electrons. The van der Waals surface area contributed by atoms with E-state index in [9.17, 15) is 23.1 Å². The molecule has 2 unspecified atom stereocenters. The number of nitrogens with zero attached hydrogens (tertiary/aromatic N) is 2. The summed E-state index contributed by atoms with van der Waals surface area (Å²) in [7, 11) is 0. The SMILES string of the molecule is CC1C=C([C@](C)(O)C(F)(F)F)C=CC1C(=O)N(C1CC1)C1CCC(C)(CC#N)CC1. The highest BCUT2D eigenvalue weighted by molar-refractivity contribution is 5.82. The molecule has 0 heterocycles. The molecule has 0 aromatic heterocycles. The van der Waals surface area contributed by atoms with Crippen molar-refractivity contribution in [2.45, 2.75) is 89.6 Å². The van der Waals surface area contributed by atoms with Crippen molar-refractivity contribution in [1.29, 1.82) is 5.26 Å². The van der Waals surface area contributed by atoms with Gasteiger partial charge < -0.3 is 10.0 Å². The van der Waals surface area contributed by atoms with Crippen LogP contribution in [0, 0.1) is 28.6 Å². The number of nitriles is 1. The van der Waals surface area contributed by atoms with Crippen LogP contribution in [-0.2, 0) is 4.79 Å². The van der Waals surface area contributed by atoms with E-state index in [1.165, 1.54) is 18.2 Å². The summed E-state index contributed by atoms with van der Waals surface area (Å²) in [5.41, 5.74) is -3.15. The average Bonchev–Trinajstić information content (AvgIpc) is 3.47. The molecule has 0 bridgehead atoms. The molecule has 3 aliphatic carbocycles. The number of alkyl halides is 3. The van der Waals surface area contributed by atoms with Crippen LogP contribution in [0.15, 0.2) is 23.8 Å². The second-order valence-electron chi connectivity index (χ2n) is 9.79. The Morgan fingerprint density at radius 3 is 2.30 bits per heavy atom. The fourth-order valence-corrected chi connectivity index (χ4v) is 4.75. The van der Waals surface area contributed by atoms with E-state index in [4.69, 9.17) is 5.26 Å². The van der Waals surface area contributed by atoms with Gasteiger partial charge in [0.15, 0.2) is 5.60 Å². The van der Waals surface area contributed by atoms with Gasteiger partial charge in [0.25, 0.3) is 0 Å². The molecule has 0 aromatic rings. The molecule has 1 amide bonds. The number of amides is 1. The molecule has 166 valence electrons. The monoisotopic (exact) mass is 424 g/mol. The summed E-state index contributed by atoms with van der Waals surface area (Å²) in [6, 6.07) is 2.61. The molecule has 4 nitrogen and oxygen atoms in total. The van der Waals surface area contributed by atoms with Gasteiger partial charge in [-0.15, -0.1) is 0 Å². The predicted octanol–water partition coefficient (Wildman–Crippen LogP) is 4.90. The molecule has 0 saturated heterocycles. The van der Waals surface area contributed by atoms with E-state index in [0.717, 1.165) is 45.4 Å². The highest BCUT2D eigenvalue weighted by Crippen LogP contribution is 2.44. The van der Waals surface area contributed by atoms with Gasteiger partial charge >= 0.3 is 6.18 Å². The van der Waals surface area contributed by atoms with E-state index in [1.54, 1.807) is 6.92 Å². The summed E-state index contributed by atoms with van der Waals surface area (Å²) in [5.74, 6) is -0.983. The zero-order valence-electron chi connectivity index (χ0n) is 17.9. The first-order valence-electron chi connectivity index (χ1n) is 10.8. The standard InChI is InChI=1S/C23H31F3N2O2/c1-15-14-16(22(3,30)23(24,25)26)4-7-19(15)20(29)28(17-5-6-17)18-8-10-21(2,11-9-18)12-13-27/h4,7,14-15,17-19,30H,5-6,8-12H2,1-3H3/t15?,18?,19?,21?,22-/m0/s1. The number of hydrogen-bond donors (Lipinski definition) is 1. The van der Waals surface area contributed by atoms with Crippen molar-refractivity contribution in [3.8, 4) is 6.07 Å². The number of aliphatic hydroxyl groups is 1. The number of hydrogen-bond acceptors (Lipinski definition) is 3. The van der Waals surface area contributed by atoms with Gasteiger partial charge in [-0.1, -0.05) is 32.1 Å². The number of carbonyl (C=O) groups excluding carboxylic acids is 1. The van der Waals surface area contributed by atoms with Crippen molar-refractivity contribution >= 4 is 5.91 Å². The number of rotatable bonds is 5. The fraction of sp³-hybridized carbons (Fsp3) is 0.739. The van der Waals surface area contributed by atoms with E-state index in [1.807, 2.05) is 4.90 Å². The van der Waals surface area contributed by atoms with Crippen LogP contribution in [0.2, 0.25) is 0 Å². The fourth-order valence-electron chi connectivity index (χ4n) is 4.75. The molecule has 3 atom stereocenters. The second kappa shape index (κ2) is 8.03. The van der Waals surface area contributed by atoms with E-state index >= 15 is 0 Å². The molecule has 0 aromatic carbocycles. The third-order valence-corrected chi connectivity index (χ3v) is 7.15. The van der Waals surface area contributed by atoms with Crippen molar-refractivity contribution in [3.63, 3.8) is 0 Å². The molecule has 3 aliphatic rings. The van der Waals surface area contributed by atoms with E-state index in [-0.39, 0.29) is 29.0 Å². The van der Waals surface area contributed by atoms with Gasteiger partial charge in [-0.3, -0.25) is 4.79 Å². The van der Waals surface area contributed by atoms with E-state index < -0.39 is 23.6 Å². The molecular formula is C23H31F3N2O2. The topological polar surface area (TPSA) is 64.3 Å². The van der Waals surface area contributed by atoms with Crippen LogP contribution in [-0.4, -0.2) is 39.8 Å². The lowest BCUT2D eigenvalue weighted by atomic mass is 9.71. The molecule has 1 N–H and O–H groups in total. The van der Waals surface area contributed by atoms with E-state index in [0.29, 0.717) is 6.42 Å². The largest absolute Gasteiger partial charge is 0.421 e. The first kappa shape index (κ1) is 22.9. The highest BCUT2D eigenvalue weighted by atomic mass is 19.4. The van der Waals surface area contributed by atoms with Gasteiger partial charge in [0.1, 0.15) is 0 Å². The zero-order valence-corrected chi connectivity index (χ0v) is 17.9. The van der Waals surface area contributed by atoms with Crippen molar-refractivity contribution in [1.82, 2.24) is 4.90 Å². The van der Waals surface area contributed by atoms with Gasteiger partial charge in [-0.25, -0.2) is 0 Å². The van der Waals surface area contributed by atoms with Gasteiger partial charge in [0, 0.05) is 18.5 Å². The average molecular weight is 425 g/mol. The molecule has 2 fully saturated rings. The predicted molar refractivity (Wildman–Crippen MR) is 107 cm³/mol. The molecule has 3 rings (SSSR count). The lowest BCUT2D eigenvalue weighted by molar-refractivity contribution is -0.235. The molecule has 30 heavy (non-hydrogen) atoms. The van der Waals surface area contributed by atoms with Crippen molar-refractivity contribution in [2.24, 2.45) is 17.3 Å². The van der Waals surface area contributed by atoms with Gasteiger partial charge in [0.2, 0.25) is 5.91 Å². The van der Waals surface area contributed by atoms with Crippen LogP contribution in [0.5, 0.6) is 0 Å². The third-order valence-electron chi connectivity index (χ3n) is 7.15. The Labute approximate surface area is 176 Å². The maximum Gasteiger partial charge on any atom is 0.421 e. The van der Waals surface area contributed by atoms with Gasteiger partial charge in [0.05, 0.1) is 12.0 Å². The zero-order chi connectivity index (χ0) is 22.3. The van der Waals surface area contributed by atoms with Gasteiger partial charge in [-0.2, -0.15) is 18.4 Å². The van der Waals surface area contributed by atoms with Crippen LogP contribution < -0.4 is 0 Å². The summed E-state index contributed by atoms with van der Waals surface area (Å²) in [6.07, 6.45) is 5.35. The number of halogens is 3. The highest BCUT2D eigenvalue weighted by Gasteiger charge is 2.52. The lowest BCUT2D eigenvalue weighted by Crippen LogP contribution is -2.49. The summed E-state index contributed by atoms with van der Waals surface area (Å²) < 4.78 is 39.6. The van der Waals surface area contributed by atoms with Crippen LogP contribution in [0.4, 0.5) is 13.2 Å². The lowest BCUT2D eigenvalue weighted by Gasteiger charge is -2.43. The third kappa shape index (κ3) is 4.44.